The van der Waals surface area contributed by atoms with Gasteiger partial charge >= 0.3 is 0 Å². The van der Waals surface area contributed by atoms with Crippen molar-refractivity contribution in [2.75, 3.05) is 11.9 Å². The second-order valence-electron chi connectivity index (χ2n) is 6.68. The van der Waals surface area contributed by atoms with Crippen molar-refractivity contribution in [2.24, 2.45) is 10.7 Å². The number of aliphatic imine (C=N–C) groups is 1. The molecule has 0 amide bonds. The summed E-state index contributed by atoms with van der Waals surface area (Å²) in [4.78, 5) is 6.48. The molecular formula is C20H26N4. The van der Waals surface area contributed by atoms with Crippen LogP contribution in [0.5, 0.6) is 0 Å². The van der Waals surface area contributed by atoms with Crippen LogP contribution in [-0.4, -0.2) is 23.1 Å². The predicted octanol–water partition coefficient (Wildman–Crippen LogP) is 3.96. The summed E-state index contributed by atoms with van der Waals surface area (Å²) in [6.45, 7) is 8.39. The van der Waals surface area contributed by atoms with Gasteiger partial charge in [0, 0.05) is 12.7 Å². The standard InChI is InChI=1S/C20H26N4/c1-14-13-19-18(11-12-20(4,21)24(19)16(3)22-5)23(14)15(2)17-9-7-6-8-10-17/h6-13,15H,21H2,1-5H3. The first-order chi connectivity index (χ1) is 11.4. The van der Waals surface area contributed by atoms with E-state index in [1.807, 2.05) is 13.8 Å². The highest BCUT2D eigenvalue weighted by Gasteiger charge is 2.34. The number of amidine groups is 1. The van der Waals surface area contributed by atoms with Crippen LogP contribution in [0.2, 0.25) is 0 Å². The first kappa shape index (κ1) is 16.5. The highest BCUT2D eigenvalue weighted by atomic mass is 15.3. The van der Waals surface area contributed by atoms with Crippen LogP contribution < -0.4 is 10.6 Å². The molecule has 1 aromatic carbocycles. The van der Waals surface area contributed by atoms with E-state index in [4.69, 9.17) is 5.73 Å². The van der Waals surface area contributed by atoms with E-state index >= 15 is 0 Å². The SMILES string of the molecule is CN=C(C)N1c2cc(C)n(C(C)c3ccccc3)c2C=CC1(C)N. The molecule has 0 saturated heterocycles. The molecule has 2 heterocycles. The Morgan fingerprint density at radius 2 is 1.92 bits per heavy atom. The van der Waals surface area contributed by atoms with Gasteiger partial charge < -0.3 is 15.2 Å². The van der Waals surface area contributed by atoms with Crippen molar-refractivity contribution in [1.82, 2.24) is 4.57 Å². The fraction of sp³-hybridized carbons (Fsp3) is 0.350. The average Bonchev–Trinajstić information content (AvgIpc) is 2.89. The summed E-state index contributed by atoms with van der Waals surface area (Å²) in [6.07, 6.45) is 4.19. The van der Waals surface area contributed by atoms with E-state index < -0.39 is 5.66 Å². The maximum Gasteiger partial charge on any atom is 0.111 e. The molecule has 2 N–H and O–H groups in total. The lowest BCUT2D eigenvalue weighted by molar-refractivity contribution is 0.589. The normalized spacial score (nSPS) is 21.8. The number of aromatic nitrogens is 1. The van der Waals surface area contributed by atoms with Crippen molar-refractivity contribution < 1.29 is 0 Å². The van der Waals surface area contributed by atoms with E-state index in [2.05, 4.69) is 76.9 Å². The van der Waals surface area contributed by atoms with Gasteiger partial charge in [0.25, 0.3) is 0 Å². The molecule has 0 bridgehead atoms. The molecule has 4 nitrogen and oxygen atoms in total. The largest absolute Gasteiger partial charge is 0.336 e. The Kier molecular flexibility index (Phi) is 4.10. The van der Waals surface area contributed by atoms with Crippen LogP contribution in [0.4, 0.5) is 5.69 Å². The second-order valence-corrected chi connectivity index (χ2v) is 6.68. The van der Waals surface area contributed by atoms with Crippen LogP contribution in [-0.2, 0) is 0 Å². The molecule has 126 valence electrons. The first-order valence-corrected chi connectivity index (χ1v) is 8.35. The number of rotatable bonds is 2. The van der Waals surface area contributed by atoms with E-state index in [-0.39, 0.29) is 6.04 Å². The zero-order chi connectivity index (χ0) is 17.5. The molecule has 0 spiro atoms. The van der Waals surface area contributed by atoms with Gasteiger partial charge in [0.05, 0.1) is 17.4 Å². The third-order valence-corrected chi connectivity index (χ3v) is 4.87. The Hall–Kier alpha value is -2.33. The molecule has 24 heavy (non-hydrogen) atoms. The summed E-state index contributed by atoms with van der Waals surface area (Å²) in [5.74, 6) is 0.912. The fourth-order valence-electron chi connectivity index (χ4n) is 3.60. The van der Waals surface area contributed by atoms with Crippen LogP contribution in [0.3, 0.4) is 0 Å². The van der Waals surface area contributed by atoms with E-state index in [1.165, 1.54) is 17.0 Å². The van der Waals surface area contributed by atoms with Crippen LogP contribution in [0.15, 0.2) is 47.5 Å². The van der Waals surface area contributed by atoms with Crippen LogP contribution in [0, 0.1) is 6.92 Å². The number of anilines is 1. The summed E-state index contributed by atoms with van der Waals surface area (Å²) < 4.78 is 2.37. The topological polar surface area (TPSA) is 46.5 Å². The predicted molar refractivity (Wildman–Crippen MR) is 103 cm³/mol. The number of nitrogens with zero attached hydrogens (tertiary/aromatic N) is 3. The van der Waals surface area contributed by atoms with E-state index in [0.717, 1.165) is 11.5 Å². The van der Waals surface area contributed by atoms with Crippen molar-refractivity contribution in [3.05, 3.63) is 59.4 Å². The fourth-order valence-corrected chi connectivity index (χ4v) is 3.60. The van der Waals surface area contributed by atoms with E-state index in [1.54, 1.807) is 7.05 Å². The number of nitrogens with two attached hydrogens (primary N) is 1. The zero-order valence-electron chi connectivity index (χ0n) is 15.1. The van der Waals surface area contributed by atoms with Crippen molar-refractivity contribution >= 4 is 17.6 Å². The van der Waals surface area contributed by atoms with Crippen LogP contribution in [0.25, 0.3) is 6.08 Å². The zero-order valence-corrected chi connectivity index (χ0v) is 15.1. The minimum absolute atomic E-state index is 0.252. The van der Waals surface area contributed by atoms with Crippen molar-refractivity contribution in [2.45, 2.75) is 39.4 Å². The Morgan fingerprint density at radius 1 is 1.25 bits per heavy atom. The van der Waals surface area contributed by atoms with E-state index in [0.29, 0.717) is 0 Å². The van der Waals surface area contributed by atoms with Gasteiger partial charge in [-0.2, -0.15) is 0 Å². The Morgan fingerprint density at radius 3 is 2.54 bits per heavy atom. The molecule has 0 radical (unpaired) electrons. The van der Waals surface area contributed by atoms with Gasteiger partial charge in [0.2, 0.25) is 0 Å². The smallest absolute Gasteiger partial charge is 0.111 e. The molecule has 0 fully saturated rings. The summed E-state index contributed by atoms with van der Waals surface area (Å²) in [7, 11) is 1.81. The van der Waals surface area contributed by atoms with E-state index in [9.17, 15) is 0 Å². The van der Waals surface area contributed by atoms with Gasteiger partial charge in [-0.05, 0) is 51.5 Å². The summed E-state index contributed by atoms with van der Waals surface area (Å²) in [6, 6.07) is 13.0. The van der Waals surface area contributed by atoms with Crippen LogP contribution >= 0.6 is 0 Å². The quantitative estimate of drug-likeness (QED) is 0.672. The lowest BCUT2D eigenvalue weighted by atomic mass is 10.0. The van der Waals surface area contributed by atoms with Gasteiger partial charge in [-0.15, -0.1) is 0 Å². The Balaban J connectivity index is 2.15. The van der Waals surface area contributed by atoms with Gasteiger partial charge in [0.15, 0.2) is 0 Å². The molecule has 0 saturated carbocycles. The summed E-state index contributed by atoms with van der Waals surface area (Å²) in [5, 5.41) is 0. The molecule has 2 unspecified atom stereocenters. The second kappa shape index (κ2) is 5.95. The first-order valence-electron chi connectivity index (χ1n) is 8.35. The molecule has 2 atom stereocenters. The molecule has 2 aromatic rings. The van der Waals surface area contributed by atoms with Crippen molar-refractivity contribution in [1.29, 1.82) is 0 Å². The molecular weight excluding hydrogens is 296 g/mol. The Bertz CT molecular complexity index is 797. The molecule has 1 aliphatic rings. The maximum absolute atomic E-state index is 6.51. The molecule has 1 aliphatic heterocycles. The van der Waals surface area contributed by atoms with Crippen molar-refractivity contribution in [3.63, 3.8) is 0 Å². The van der Waals surface area contributed by atoms with Gasteiger partial charge in [0.1, 0.15) is 11.5 Å². The minimum atomic E-state index is -0.578. The number of hydrogen-bond acceptors (Lipinski definition) is 2. The third kappa shape index (κ3) is 2.57. The van der Waals surface area contributed by atoms with Crippen molar-refractivity contribution in [3.8, 4) is 0 Å². The number of fused-ring (bicyclic) bond motifs is 1. The lowest BCUT2D eigenvalue weighted by Gasteiger charge is -2.40. The molecule has 0 aliphatic carbocycles. The monoisotopic (exact) mass is 322 g/mol. The average molecular weight is 322 g/mol. The maximum atomic E-state index is 6.51. The highest BCUT2D eigenvalue weighted by Crippen LogP contribution is 2.38. The number of benzene rings is 1. The Labute approximate surface area is 144 Å². The molecule has 4 heteroatoms. The summed E-state index contributed by atoms with van der Waals surface area (Å²) in [5.41, 5.74) is 10.7. The number of aryl methyl sites for hydroxylation is 1. The molecule has 1 aromatic heterocycles. The highest BCUT2D eigenvalue weighted by molar-refractivity contribution is 6.00. The van der Waals surface area contributed by atoms with Gasteiger partial charge in [-0.1, -0.05) is 30.3 Å². The lowest BCUT2D eigenvalue weighted by Crippen LogP contribution is -2.56. The molecule has 3 rings (SSSR count). The minimum Gasteiger partial charge on any atom is -0.336 e. The third-order valence-electron chi connectivity index (χ3n) is 4.87. The van der Waals surface area contributed by atoms with Crippen LogP contribution in [0.1, 0.15) is 43.8 Å². The number of hydrogen-bond donors (Lipinski definition) is 1. The van der Waals surface area contributed by atoms with Gasteiger partial charge in [-0.3, -0.25) is 4.99 Å². The van der Waals surface area contributed by atoms with Gasteiger partial charge in [-0.25, -0.2) is 0 Å². The summed E-state index contributed by atoms with van der Waals surface area (Å²) >= 11 is 0.